The number of H-pyrrole nitrogens is 1. The van der Waals surface area contributed by atoms with E-state index in [2.05, 4.69) is 47.6 Å². The smallest absolute Gasteiger partial charge is 0.177 e. The molecule has 5 nitrogen and oxygen atoms in total. The number of imidazole rings is 1. The van der Waals surface area contributed by atoms with Crippen molar-refractivity contribution >= 4 is 27.1 Å². The predicted octanol–water partition coefficient (Wildman–Crippen LogP) is 3.41. The summed E-state index contributed by atoms with van der Waals surface area (Å²) in [5.74, 6) is 0. The average molecular weight is 372 g/mol. The molecule has 1 aliphatic carbocycles. The maximum absolute atomic E-state index is 4.83. The third-order valence-electron chi connectivity index (χ3n) is 4.30. The number of hydrogen-bond acceptors (Lipinski definition) is 3. The van der Waals surface area contributed by atoms with Gasteiger partial charge in [0.2, 0.25) is 0 Å². The van der Waals surface area contributed by atoms with Crippen molar-refractivity contribution in [2.24, 2.45) is 4.99 Å². The number of aromatic amines is 1. The molecule has 0 atom stereocenters. The summed E-state index contributed by atoms with van der Waals surface area (Å²) in [7, 11) is 0. The summed E-state index contributed by atoms with van der Waals surface area (Å²) in [6.45, 7) is 0.741. The highest BCUT2D eigenvalue weighted by atomic mass is 79.9. The normalized spacial score (nSPS) is 16.5. The van der Waals surface area contributed by atoms with Crippen LogP contribution >= 0.6 is 15.9 Å². The lowest BCUT2D eigenvalue weighted by atomic mass is 10.2. The molecule has 2 aromatic heterocycles. The van der Waals surface area contributed by atoms with E-state index in [-0.39, 0.29) is 0 Å². The zero-order valence-corrected chi connectivity index (χ0v) is 14.3. The van der Waals surface area contributed by atoms with Gasteiger partial charge in [0.05, 0.1) is 18.9 Å². The molecule has 1 N–H and O–H groups in total. The Morgan fingerprint density at radius 1 is 1.22 bits per heavy atom. The number of rotatable bonds is 3. The minimum Gasteiger partial charge on any atom is -0.328 e. The summed E-state index contributed by atoms with van der Waals surface area (Å²) < 4.78 is 2.77. The van der Waals surface area contributed by atoms with E-state index in [0.717, 1.165) is 36.0 Å². The molecule has 118 valence electrons. The molecule has 0 saturated heterocycles. The first-order valence-electron chi connectivity index (χ1n) is 7.98. The third-order valence-corrected chi connectivity index (χ3v) is 4.67. The van der Waals surface area contributed by atoms with Crippen LogP contribution in [-0.2, 0) is 6.54 Å². The van der Waals surface area contributed by atoms with Gasteiger partial charge < -0.3 is 9.55 Å². The van der Waals surface area contributed by atoms with Crippen LogP contribution in [0.5, 0.6) is 0 Å². The summed E-state index contributed by atoms with van der Waals surface area (Å²) in [5.41, 5.74) is 3.78. The van der Waals surface area contributed by atoms with Crippen molar-refractivity contribution in [1.82, 2.24) is 19.5 Å². The van der Waals surface area contributed by atoms with Crippen LogP contribution in [0.1, 0.15) is 31.2 Å². The van der Waals surface area contributed by atoms with E-state index in [1.807, 2.05) is 24.5 Å². The molecule has 1 aliphatic rings. The van der Waals surface area contributed by atoms with Crippen molar-refractivity contribution in [3.63, 3.8) is 0 Å². The second kappa shape index (κ2) is 6.28. The van der Waals surface area contributed by atoms with Gasteiger partial charge in [-0.2, -0.15) is 0 Å². The predicted molar refractivity (Wildman–Crippen MR) is 92.9 cm³/mol. The monoisotopic (exact) mass is 371 g/mol. The van der Waals surface area contributed by atoms with Gasteiger partial charge in [-0.05, 0) is 34.3 Å². The van der Waals surface area contributed by atoms with Crippen molar-refractivity contribution in [2.75, 3.05) is 0 Å². The van der Waals surface area contributed by atoms with Crippen LogP contribution in [0.4, 0.5) is 0 Å². The van der Waals surface area contributed by atoms with E-state index in [9.17, 15) is 0 Å². The first-order valence-corrected chi connectivity index (χ1v) is 8.77. The number of hydrogen-bond donors (Lipinski definition) is 1. The van der Waals surface area contributed by atoms with Gasteiger partial charge in [-0.3, -0.25) is 4.99 Å². The first-order chi connectivity index (χ1) is 11.3. The molecular weight excluding hydrogens is 354 g/mol. The van der Waals surface area contributed by atoms with E-state index in [1.165, 1.54) is 18.4 Å². The lowest BCUT2D eigenvalue weighted by Gasteiger charge is -2.08. The molecule has 0 bridgehead atoms. The van der Waals surface area contributed by atoms with Crippen LogP contribution in [0.15, 0.2) is 46.4 Å². The number of nitrogens with zero attached hydrogens (tertiary/aromatic N) is 4. The van der Waals surface area contributed by atoms with Crippen molar-refractivity contribution in [2.45, 2.75) is 38.3 Å². The molecule has 1 aromatic carbocycles. The van der Waals surface area contributed by atoms with Crippen LogP contribution in [0.3, 0.4) is 0 Å². The number of aromatic nitrogens is 4. The Morgan fingerprint density at radius 3 is 2.78 bits per heavy atom. The van der Waals surface area contributed by atoms with Crippen molar-refractivity contribution in [3.8, 4) is 0 Å². The zero-order chi connectivity index (χ0) is 15.6. The van der Waals surface area contributed by atoms with E-state index in [1.54, 1.807) is 0 Å². The van der Waals surface area contributed by atoms with Crippen LogP contribution in [0, 0.1) is 0 Å². The number of halogens is 1. The molecular formula is C17H18BrN5. The topological polar surface area (TPSA) is 58.9 Å². The van der Waals surface area contributed by atoms with Crippen LogP contribution in [0.25, 0.3) is 11.2 Å². The van der Waals surface area contributed by atoms with Gasteiger partial charge in [0.15, 0.2) is 15.9 Å². The van der Waals surface area contributed by atoms with Gasteiger partial charge in [0.1, 0.15) is 5.52 Å². The summed E-state index contributed by atoms with van der Waals surface area (Å²) in [6.07, 6.45) is 6.71. The molecule has 1 saturated carbocycles. The standard InChI is InChI=1S/C17H18BrN5/c18-17-21-14-15(20-13-8-4-5-9-13)19-11-23(16(14)22-17)10-12-6-2-1-3-7-12/h1-3,6-7,11,13H,4-5,8-10H2,(H,21,22). The van der Waals surface area contributed by atoms with E-state index >= 15 is 0 Å². The van der Waals surface area contributed by atoms with Crippen LogP contribution in [0.2, 0.25) is 0 Å². The highest BCUT2D eigenvalue weighted by Gasteiger charge is 2.15. The molecule has 23 heavy (non-hydrogen) atoms. The van der Waals surface area contributed by atoms with Crippen LogP contribution in [-0.4, -0.2) is 25.6 Å². The van der Waals surface area contributed by atoms with Gasteiger partial charge in [0, 0.05) is 0 Å². The Balaban J connectivity index is 1.79. The molecule has 0 radical (unpaired) electrons. The molecule has 2 heterocycles. The van der Waals surface area contributed by atoms with Gasteiger partial charge in [-0.15, -0.1) is 0 Å². The largest absolute Gasteiger partial charge is 0.328 e. The Labute approximate surface area is 142 Å². The Hall–Kier alpha value is -1.95. The fraction of sp³-hybridized carbons (Fsp3) is 0.353. The fourth-order valence-corrected chi connectivity index (χ4v) is 3.51. The fourth-order valence-electron chi connectivity index (χ4n) is 3.14. The summed E-state index contributed by atoms with van der Waals surface area (Å²) in [4.78, 5) is 17.2. The van der Waals surface area contributed by atoms with Crippen LogP contribution < -0.4 is 5.49 Å². The maximum atomic E-state index is 4.83. The molecule has 1 fully saturated rings. The highest BCUT2D eigenvalue weighted by Crippen LogP contribution is 2.20. The molecule has 0 unspecified atom stereocenters. The SMILES string of the molecule is Brc1nc2c([nH]1)c(=NC1CCCC1)ncn2Cc1ccccc1. The van der Waals surface area contributed by atoms with Gasteiger partial charge >= 0.3 is 0 Å². The van der Waals surface area contributed by atoms with E-state index in [4.69, 9.17) is 4.99 Å². The molecule has 6 heteroatoms. The van der Waals surface area contributed by atoms with Crippen molar-refractivity contribution < 1.29 is 0 Å². The van der Waals surface area contributed by atoms with Gasteiger partial charge in [-0.25, -0.2) is 9.97 Å². The Morgan fingerprint density at radius 2 is 2.00 bits per heavy atom. The summed E-state index contributed by atoms with van der Waals surface area (Å²) in [5, 5.41) is 0. The molecule has 0 aliphatic heterocycles. The number of benzene rings is 1. The minimum atomic E-state index is 0.401. The first kappa shape index (κ1) is 14.6. The zero-order valence-electron chi connectivity index (χ0n) is 12.7. The van der Waals surface area contributed by atoms with Crippen molar-refractivity contribution in [3.05, 3.63) is 52.4 Å². The second-order valence-corrected chi connectivity index (χ2v) is 6.73. The highest BCUT2D eigenvalue weighted by molar-refractivity contribution is 9.10. The maximum Gasteiger partial charge on any atom is 0.177 e. The summed E-state index contributed by atoms with van der Waals surface area (Å²) in [6, 6.07) is 10.7. The molecule has 4 rings (SSSR count). The average Bonchev–Trinajstić information content (AvgIpc) is 3.20. The van der Waals surface area contributed by atoms with E-state index in [0.29, 0.717) is 10.8 Å². The van der Waals surface area contributed by atoms with Crippen molar-refractivity contribution in [1.29, 1.82) is 0 Å². The molecule has 0 spiro atoms. The van der Waals surface area contributed by atoms with Gasteiger partial charge in [-0.1, -0.05) is 43.2 Å². The quantitative estimate of drug-likeness (QED) is 0.717. The second-order valence-electron chi connectivity index (χ2n) is 5.98. The van der Waals surface area contributed by atoms with Gasteiger partial charge in [0.25, 0.3) is 0 Å². The third kappa shape index (κ3) is 3.08. The molecule has 0 amide bonds. The Kier molecular flexibility index (Phi) is 3.99. The Bertz CT molecular complexity index is 875. The lowest BCUT2D eigenvalue weighted by Crippen LogP contribution is -2.17. The number of fused-ring (bicyclic) bond motifs is 1. The minimum absolute atomic E-state index is 0.401. The number of nitrogens with one attached hydrogen (secondary N) is 1. The summed E-state index contributed by atoms with van der Waals surface area (Å²) >= 11 is 3.44. The molecule has 3 aromatic rings. The van der Waals surface area contributed by atoms with E-state index < -0.39 is 0 Å². The lowest BCUT2D eigenvalue weighted by molar-refractivity contribution is 0.676.